The maximum absolute atomic E-state index is 6.12. The van der Waals surface area contributed by atoms with Crippen LogP contribution in [0, 0.1) is 0 Å². The van der Waals surface area contributed by atoms with Crippen LogP contribution in [0.1, 0.15) is 11.6 Å². The quantitative estimate of drug-likeness (QED) is 0.297. The van der Waals surface area contributed by atoms with Gasteiger partial charge < -0.3 is 0 Å². The monoisotopic (exact) mass is 523 g/mol. The van der Waals surface area contributed by atoms with Gasteiger partial charge in [0.2, 0.25) is 7.59 Å². The average Bonchev–Trinajstić information content (AvgIpc) is 2.42. The number of aromatic nitrogens is 3. The second-order valence-corrected chi connectivity index (χ2v) is 10.9. The van der Waals surface area contributed by atoms with Gasteiger partial charge in [0.15, 0.2) is 16.8 Å². The van der Waals surface area contributed by atoms with E-state index in [4.69, 9.17) is 104 Å². The smallest absolute Gasteiger partial charge is 0.209 e. The molecule has 0 aliphatic rings. The summed E-state index contributed by atoms with van der Waals surface area (Å²) in [5.74, 6) is -0.412. The Bertz CT molecular complexity index is 740. The van der Waals surface area contributed by atoms with Crippen LogP contribution >= 0.6 is 116 Å². The van der Waals surface area contributed by atoms with E-state index < -0.39 is 7.59 Å². The summed E-state index contributed by atoms with van der Waals surface area (Å²) in [5, 5.41) is 1.00. The van der Waals surface area contributed by atoms with E-state index in [9.17, 15) is 0 Å². The highest BCUT2D eigenvalue weighted by Crippen LogP contribution is 2.42. The third kappa shape index (κ3) is 5.59. The molecule has 1 aromatic heterocycles. The molecule has 0 aliphatic heterocycles. The Labute approximate surface area is 186 Å². The molecule has 0 fully saturated rings. The van der Waals surface area contributed by atoms with Crippen LogP contribution in [0.25, 0.3) is 0 Å². The SMILES string of the molecule is Clc1cc(Cl)c(Sc2nc(C(Cl)(Cl)Cl)nc(C(Cl)(Cl)Cl)n2)cc1Cl. The molecule has 0 amide bonds. The zero-order valence-electron chi connectivity index (χ0n) is 10.8. The molecule has 0 atom stereocenters. The highest BCUT2D eigenvalue weighted by atomic mass is 35.6. The number of halogens is 9. The predicted molar refractivity (Wildman–Crippen MR) is 104 cm³/mol. The third-order valence-corrected chi connectivity index (χ3v) is 5.38. The van der Waals surface area contributed by atoms with Crippen LogP contribution in [0.2, 0.25) is 15.1 Å². The van der Waals surface area contributed by atoms with Crippen LogP contribution in [-0.4, -0.2) is 15.0 Å². The summed E-state index contributed by atoms with van der Waals surface area (Å²) in [7, 11) is 0. The summed E-state index contributed by atoms with van der Waals surface area (Å²) >= 11 is 53.8. The van der Waals surface area contributed by atoms with E-state index >= 15 is 0 Å². The van der Waals surface area contributed by atoms with E-state index in [2.05, 4.69) is 15.0 Å². The molecule has 130 valence electrons. The van der Waals surface area contributed by atoms with Gasteiger partial charge in [-0.2, -0.15) is 0 Å². The molecule has 24 heavy (non-hydrogen) atoms. The molecule has 0 radical (unpaired) electrons. The van der Waals surface area contributed by atoms with Crippen molar-refractivity contribution in [1.82, 2.24) is 15.0 Å². The second-order valence-electron chi connectivity index (χ2n) is 4.06. The molecule has 0 aliphatic carbocycles. The van der Waals surface area contributed by atoms with Gasteiger partial charge in [-0.3, -0.25) is 0 Å². The first-order chi connectivity index (χ1) is 10.9. The van der Waals surface area contributed by atoms with Crippen molar-refractivity contribution < 1.29 is 0 Å². The van der Waals surface area contributed by atoms with Crippen molar-refractivity contribution in [2.24, 2.45) is 0 Å². The van der Waals surface area contributed by atoms with Crippen molar-refractivity contribution in [3.8, 4) is 0 Å². The van der Waals surface area contributed by atoms with Crippen molar-refractivity contribution in [1.29, 1.82) is 0 Å². The number of benzene rings is 1. The van der Waals surface area contributed by atoms with Crippen LogP contribution in [0.15, 0.2) is 22.2 Å². The Balaban J connectivity index is 2.52. The van der Waals surface area contributed by atoms with E-state index in [1.165, 1.54) is 12.1 Å². The third-order valence-electron chi connectivity index (χ3n) is 2.30. The summed E-state index contributed by atoms with van der Waals surface area (Å²) in [6, 6.07) is 3.01. The Morgan fingerprint density at radius 2 is 1.12 bits per heavy atom. The molecule has 0 unspecified atom stereocenters. The van der Waals surface area contributed by atoms with E-state index in [0.29, 0.717) is 20.0 Å². The molecule has 1 aromatic carbocycles. The minimum absolute atomic E-state index is 0.0907. The minimum atomic E-state index is -1.94. The van der Waals surface area contributed by atoms with Crippen molar-refractivity contribution in [2.75, 3.05) is 0 Å². The lowest BCUT2D eigenvalue weighted by Crippen LogP contribution is -2.16. The summed E-state index contributed by atoms with van der Waals surface area (Å²) in [5.41, 5.74) is 0. The first-order valence-corrected chi connectivity index (χ1v) is 9.82. The number of hydrogen-bond acceptors (Lipinski definition) is 4. The molecule has 2 aromatic rings. The molecule has 1 heterocycles. The lowest BCUT2D eigenvalue weighted by molar-refractivity contribution is 0.768. The Kier molecular flexibility index (Phi) is 7.21. The average molecular weight is 527 g/mol. The zero-order chi connectivity index (χ0) is 18.3. The minimum Gasteiger partial charge on any atom is -0.209 e. The Morgan fingerprint density at radius 3 is 1.58 bits per heavy atom. The van der Waals surface area contributed by atoms with E-state index in [-0.39, 0.29) is 16.8 Å². The van der Waals surface area contributed by atoms with Crippen LogP contribution in [0.3, 0.4) is 0 Å². The molecular weight excluding hydrogens is 525 g/mol. The number of alkyl halides is 6. The van der Waals surface area contributed by atoms with Crippen LogP contribution < -0.4 is 0 Å². The van der Waals surface area contributed by atoms with Gasteiger partial charge in [-0.15, -0.1) is 0 Å². The van der Waals surface area contributed by atoms with Crippen molar-refractivity contribution >= 4 is 116 Å². The topological polar surface area (TPSA) is 38.7 Å². The van der Waals surface area contributed by atoms with E-state index in [0.717, 1.165) is 11.8 Å². The highest BCUT2D eigenvalue weighted by Gasteiger charge is 2.34. The largest absolute Gasteiger partial charge is 0.250 e. The van der Waals surface area contributed by atoms with Crippen LogP contribution in [-0.2, 0) is 7.59 Å². The van der Waals surface area contributed by atoms with Gasteiger partial charge in [-0.25, -0.2) is 15.0 Å². The van der Waals surface area contributed by atoms with Gasteiger partial charge in [0.1, 0.15) is 0 Å². The molecule has 0 spiro atoms. The Hall–Kier alpha value is 1.19. The zero-order valence-corrected chi connectivity index (χ0v) is 18.4. The molecule has 13 heteroatoms. The molecule has 3 nitrogen and oxygen atoms in total. The molecule has 0 saturated heterocycles. The predicted octanol–water partition coefficient (Wildman–Crippen LogP) is 7.64. The maximum atomic E-state index is 6.12. The van der Waals surface area contributed by atoms with Gasteiger partial charge in [0.25, 0.3) is 0 Å². The second kappa shape index (κ2) is 8.05. The standard InChI is InChI=1S/C11H2Cl9N3S/c12-3-1-5(14)6(2-4(3)13)24-9-22-7(10(15,16)17)21-8(23-9)11(18,19)20/h1-2H. The van der Waals surface area contributed by atoms with Crippen molar-refractivity contribution in [2.45, 2.75) is 17.6 Å². The lowest BCUT2D eigenvalue weighted by Gasteiger charge is -2.15. The fourth-order valence-corrected chi connectivity index (χ4v) is 3.37. The molecule has 0 bridgehead atoms. The summed E-state index contributed by atoms with van der Waals surface area (Å²) < 4.78 is -3.88. The Morgan fingerprint density at radius 1 is 0.667 bits per heavy atom. The van der Waals surface area contributed by atoms with Gasteiger partial charge >= 0.3 is 0 Å². The van der Waals surface area contributed by atoms with Crippen LogP contribution in [0.4, 0.5) is 0 Å². The van der Waals surface area contributed by atoms with Gasteiger partial charge in [0.05, 0.1) is 15.1 Å². The summed E-state index contributed by atoms with van der Waals surface area (Å²) in [6.45, 7) is 0. The summed E-state index contributed by atoms with van der Waals surface area (Å²) in [6.07, 6.45) is 0. The lowest BCUT2D eigenvalue weighted by atomic mass is 10.4. The van der Waals surface area contributed by atoms with Gasteiger partial charge in [0, 0.05) is 4.90 Å². The molecular formula is C11H2Cl9N3S. The van der Waals surface area contributed by atoms with Crippen LogP contribution in [0.5, 0.6) is 0 Å². The molecule has 0 N–H and O–H groups in total. The normalized spacial score (nSPS) is 12.5. The molecule has 0 saturated carbocycles. The van der Waals surface area contributed by atoms with Crippen molar-refractivity contribution in [3.63, 3.8) is 0 Å². The number of nitrogens with zero attached hydrogens (tertiary/aromatic N) is 3. The van der Waals surface area contributed by atoms with E-state index in [1.54, 1.807) is 0 Å². The fourth-order valence-electron chi connectivity index (χ4n) is 1.34. The van der Waals surface area contributed by atoms with Gasteiger partial charge in [-0.05, 0) is 23.9 Å². The molecule has 2 rings (SSSR count). The fraction of sp³-hybridized carbons (Fsp3) is 0.182. The van der Waals surface area contributed by atoms with Gasteiger partial charge in [-0.1, -0.05) is 104 Å². The highest BCUT2D eigenvalue weighted by molar-refractivity contribution is 7.99. The summed E-state index contributed by atoms with van der Waals surface area (Å²) in [4.78, 5) is 12.4. The number of hydrogen-bond donors (Lipinski definition) is 0. The van der Waals surface area contributed by atoms with E-state index in [1.807, 2.05) is 0 Å². The first-order valence-electron chi connectivity index (χ1n) is 5.61. The number of rotatable bonds is 2. The maximum Gasteiger partial charge on any atom is 0.250 e. The first kappa shape index (κ1) is 21.5. The van der Waals surface area contributed by atoms with Crippen molar-refractivity contribution in [3.05, 3.63) is 38.8 Å².